The van der Waals surface area contributed by atoms with E-state index in [1.807, 2.05) is 29.2 Å². The number of methoxy groups -OCH3 is 3. The summed E-state index contributed by atoms with van der Waals surface area (Å²) in [7, 11) is 4.57. The Labute approximate surface area is 268 Å². The minimum atomic E-state index is -0.616. The standard InChI is InChI=1S/C33H38Cl2N4O5/c1-42-27-18-22(19-28(43-2)29(27)44-3)30(40)39-17-11-32(21-39,24-4-5-25(34)26(35)20-24)8-16-38-31(41)33(9-14-37-15-10-33)23-6-12-36-13-7-23/h4-7,12-13,18-20,37H,8-11,14-17,21H2,1-3H3,(H,38,41). The van der Waals surface area contributed by atoms with Gasteiger partial charge in [-0.1, -0.05) is 29.3 Å². The number of likely N-dealkylation sites (tertiary alicyclic amines) is 1. The summed E-state index contributed by atoms with van der Waals surface area (Å²) in [6, 6.07) is 12.8. The first kappa shape index (κ1) is 31.9. The molecule has 3 heterocycles. The van der Waals surface area contributed by atoms with Gasteiger partial charge in [0.25, 0.3) is 5.91 Å². The number of hydrogen-bond acceptors (Lipinski definition) is 7. The lowest BCUT2D eigenvalue weighted by Gasteiger charge is -2.37. The van der Waals surface area contributed by atoms with Crippen molar-refractivity contribution in [2.24, 2.45) is 0 Å². The van der Waals surface area contributed by atoms with E-state index in [1.165, 1.54) is 21.3 Å². The van der Waals surface area contributed by atoms with Crippen LogP contribution in [0.4, 0.5) is 0 Å². The molecule has 0 saturated carbocycles. The summed E-state index contributed by atoms with van der Waals surface area (Å²) in [5, 5.41) is 7.55. The Morgan fingerprint density at radius 2 is 1.59 bits per heavy atom. The fourth-order valence-electron chi connectivity index (χ4n) is 6.60. The van der Waals surface area contributed by atoms with Crippen LogP contribution in [-0.2, 0) is 15.6 Å². The number of nitrogens with one attached hydrogen (secondary N) is 2. The molecule has 2 saturated heterocycles. The van der Waals surface area contributed by atoms with Crippen LogP contribution in [0.25, 0.3) is 0 Å². The Balaban J connectivity index is 1.39. The lowest BCUT2D eigenvalue weighted by atomic mass is 9.72. The summed E-state index contributed by atoms with van der Waals surface area (Å²) in [5.41, 5.74) is 1.33. The number of piperidine rings is 1. The van der Waals surface area contributed by atoms with Gasteiger partial charge in [-0.15, -0.1) is 0 Å². The Hall–Kier alpha value is -3.53. The molecule has 44 heavy (non-hydrogen) atoms. The number of pyridine rings is 1. The van der Waals surface area contributed by atoms with E-state index in [9.17, 15) is 9.59 Å². The van der Waals surface area contributed by atoms with Crippen LogP contribution in [0, 0.1) is 0 Å². The van der Waals surface area contributed by atoms with Gasteiger partial charge in [0.2, 0.25) is 11.7 Å². The number of ether oxygens (including phenoxy) is 3. The third-order valence-electron chi connectivity index (χ3n) is 9.10. The predicted molar refractivity (Wildman–Crippen MR) is 170 cm³/mol. The van der Waals surface area contributed by atoms with Crippen LogP contribution < -0.4 is 24.8 Å². The van der Waals surface area contributed by atoms with Gasteiger partial charge in [0.1, 0.15) is 0 Å². The zero-order valence-corrected chi connectivity index (χ0v) is 26.8. The number of carbonyl (C=O) groups is 2. The van der Waals surface area contributed by atoms with E-state index in [4.69, 9.17) is 37.4 Å². The van der Waals surface area contributed by atoms with Gasteiger partial charge in [-0.2, -0.15) is 0 Å². The van der Waals surface area contributed by atoms with Crippen molar-refractivity contribution in [1.29, 1.82) is 0 Å². The fourth-order valence-corrected chi connectivity index (χ4v) is 6.90. The van der Waals surface area contributed by atoms with E-state index in [0.29, 0.717) is 78.2 Å². The molecule has 2 fully saturated rings. The molecule has 2 aliphatic rings. The van der Waals surface area contributed by atoms with Crippen LogP contribution in [0.1, 0.15) is 47.2 Å². The molecule has 3 aromatic rings. The topological polar surface area (TPSA) is 102 Å². The molecule has 234 valence electrons. The summed E-state index contributed by atoms with van der Waals surface area (Å²) in [6.07, 6.45) is 6.19. The summed E-state index contributed by atoms with van der Waals surface area (Å²) in [5.74, 6) is 1.11. The van der Waals surface area contributed by atoms with Crippen LogP contribution in [0.3, 0.4) is 0 Å². The number of rotatable bonds is 10. The van der Waals surface area contributed by atoms with Crippen molar-refractivity contribution in [1.82, 2.24) is 20.5 Å². The molecule has 1 aromatic heterocycles. The van der Waals surface area contributed by atoms with Gasteiger partial charge >= 0.3 is 0 Å². The first-order valence-corrected chi connectivity index (χ1v) is 15.5. The highest BCUT2D eigenvalue weighted by molar-refractivity contribution is 6.42. The first-order chi connectivity index (χ1) is 21.3. The molecule has 0 radical (unpaired) electrons. The van der Waals surface area contributed by atoms with Crippen LogP contribution in [0.5, 0.6) is 17.2 Å². The number of amides is 2. The highest BCUT2D eigenvalue weighted by atomic mass is 35.5. The molecule has 2 amide bonds. The van der Waals surface area contributed by atoms with E-state index in [0.717, 1.165) is 24.2 Å². The smallest absolute Gasteiger partial charge is 0.254 e. The van der Waals surface area contributed by atoms with Crippen molar-refractivity contribution in [2.75, 3.05) is 54.1 Å². The predicted octanol–water partition coefficient (Wildman–Crippen LogP) is 5.03. The van der Waals surface area contributed by atoms with Crippen molar-refractivity contribution in [3.05, 3.63) is 81.6 Å². The number of halogens is 2. The van der Waals surface area contributed by atoms with E-state index in [-0.39, 0.29) is 11.8 Å². The van der Waals surface area contributed by atoms with Gasteiger partial charge in [-0.05, 0) is 86.3 Å². The maximum absolute atomic E-state index is 13.9. The molecule has 1 atom stereocenters. The molecule has 1 unspecified atom stereocenters. The van der Waals surface area contributed by atoms with Gasteiger partial charge < -0.3 is 29.7 Å². The van der Waals surface area contributed by atoms with Crippen molar-refractivity contribution >= 4 is 35.0 Å². The van der Waals surface area contributed by atoms with Crippen molar-refractivity contribution in [2.45, 2.75) is 36.5 Å². The number of benzene rings is 2. The lowest BCUT2D eigenvalue weighted by molar-refractivity contribution is -0.127. The number of hydrogen-bond donors (Lipinski definition) is 2. The van der Waals surface area contributed by atoms with Crippen molar-refractivity contribution in [3.8, 4) is 17.2 Å². The van der Waals surface area contributed by atoms with E-state index in [1.54, 1.807) is 30.6 Å². The van der Waals surface area contributed by atoms with Crippen molar-refractivity contribution < 1.29 is 23.8 Å². The molecule has 5 rings (SSSR count). The van der Waals surface area contributed by atoms with Crippen LogP contribution in [0.15, 0.2) is 54.9 Å². The van der Waals surface area contributed by atoms with E-state index in [2.05, 4.69) is 15.6 Å². The molecular formula is C33H38Cl2N4O5. The maximum atomic E-state index is 13.9. The first-order valence-electron chi connectivity index (χ1n) is 14.7. The SMILES string of the molecule is COc1cc(C(=O)N2CCC(CCNC(=O)C3(c4ccncc4)CCNCC3)(c3ccc(Cl)c(Cl)c3)C2)cc(OC)c1OC. The molecular weight excluding hydrogens is 603 g/mol. The van der Waals surface area contributed by atoms with Crippen LogP contribution in [-0.4, -0.2) is 75.8 Å². The van der Waals surface area contributed by atoms with Gasteiger partial charge in [0, 0.05) is 43.0 Å². The third kappa shape index (κ3) is 6.18. The monoisotopic (exact) mass is 640 g/mol. The summed E-state index contributed by atoms with van der Waals surface area (Å²) in [4.78, 5) is 33.7. The summed E-state index contributed by atoms with van der Waals surface area (Å²) >= 11 is 12.8. The molecule has 2 N–H and O–H groups in total. The largest absolute Gasteiger partial charge is 0.493 e. The summed E-state index contributed by atoms with van der Waals surface area (Å²) < 4.78 is 16.4. The van der Waals surface area contributed by atoms with Crippen LogP contribution in [0.2, 0.25) is 10.0 Å². The third-order valence-corrected chi connectivity index (χ3v) is 9.84. The average Bonchev–Trinajstić information content (AvgIpc) is 3.50. The Morgan fingerprint density at radius 1 is 0.909 bits per heavy atom. The second kappa shape index (κ2) is 13.6. The van der Waals surface area contributed by atoms with Crippen LogP contribution >= 0.6 is 23.2 Å². The quantitative estimate of drug-likeness (QED) is 0.321. The highest BCUT2D eigenvalue weighted by Gasteiger charge is 2.44. The molecule has 11 heteroatoms. The minimum absolute atomic E-state index is 0.0119. The van der Waals surface area contributed by atoms with E-state index >= 15 is 0 Å². The van der Waals surface area contributed by atoms with Gasteiger partial charge in [-0.3, -0.25) is 14.6 Å². The Morgan fingerprint density at radius 3 is 2.20 bits per heavy atom. The van der Waals surface area contributed by atoms with E-state index < -0.39 is 10.8 Å². The maximum Gasteiger partial charge on any atom is 0.254 e. The lowest BCUT2D eigenvalue weighted by Crippen LogP contribution is -2.51. The van der Waals surface area contributed by atoms with Gasteiger partial charge in [-0.25, -0.2) is 0 Å². The van der Waals surface area contributed by atoms with Gasteiger partial charge in [0.05, 0.1) is 36.8 Å². The zero-order chi connectivity index (χ0) is 31.3. The molecule has 2 aromatic carbocycles. The highest BCUT2D eigenvalue weighted by Crippen LogP contribution is 2.42. The summed E-state index contributed by atoms with van der Waals surface area (Å²) in [6.45, 7) is 2.93. The minimum Gasteiger partial charge on any atom is -0.493 e. The Bertz CT molecular complexity index is 1470. The second-order valence-electron chi connectivity index (χ2n) is 11.4. The molecule has 9 nitrogen and oxygen atoms in total. The number of carbonyl (C=O) groups excluding carboxylic acids is 2. The average molecular weight is 642 g/mol. The van der Waals surface area contributed by atoms with Gasteiger partial charge in [0.15, 0.2) is 11.5 Å². The van der Waals surface area contributed by atoms with Crippen molar-refractivity contribution in [3.63, 3.8) is 0 Å². The second-order valence-corrected chi connectivity index (χ2v) is 12.2. The fraction of sp³-hybridized carbons (Fsp3) is 0.424. The number of nitrogens with zero attached hydrogens (tertiary/aromatic N) is 2. The molecule has 0 spiro atoms. The number of aromatic nitrogens is 1. The zero-order valence-electron chi connectivity index (χ0n) is 25.3. The Kier molecular flexibility index (Phi) is 9.87. The molecule has 0 bridgehead atoms. The normalized spacial score (nSPS) is 19.3. The molecule has 2 aliphatic heterocycles. The molecule has 0 aliphatic carbocycles.